The molecule has 0 unspecified atom stereocenters. The van der Waals surface area contributed by atoms with Crippen LogP contribution in [0.4, 0.5) is 10.5 Å². The van der Waals surface area contributed by atoms with Gasteiger partial charge in [-0.2, -0.15) is 0 Å². The zero-order valence-corrected chi connectivity index (χ0v) is 13.8. The Labute approximate surface area is 137 Å². The van der Waals surface area contributed by atoms with Crippen LogP contribution in [-0.4, -0.2) is 43.5 Å². The summed E-state index contributed by atoms with van der Waals surface area (Å²) in [6.45, 7) is 2.13. The van der Waals surface area contributed by atoms with E-state index in [0.717, 1.165) is 12.2 Å². The average molecular weight is 315 g/mol. The third-order valence-electron chi connectivity index (χ3n) is 4.87. The van der Waals surface area contributed by atoms with E-state index >= 15 is 0 Å². The van der Waals surface area contributed by atoms with E-state index in [1.54, 1.807) is 4.90 Å². The van der Waals surface area contributed by atoms with Crippen molar-refractivity contribution >= 4 is 17.6 Å². The molecular weight excluding hydrogens is 290 g/mol. The molecule has 1 saturated heterocycles. The molecule has 3 amide bonds. The molecule has 23 heavy (non-hydrogen) atoms. The van der Waals surface area contributed by atoms with E-state index in [1.165, 1.54) is 32.1 Å². The van der Waals surface area contributed by atoms with Crippen molar-refractivity contribution in [1.82, 2.24) is 10.2 Å². The van der Waals surface area contributed by atoms with Gasteiger partial charge in [0, 0.05) is 37.9 Å². The first-order valence-electron chi connectivity index (χ1n) is 8.56. The third kappa shape index (κ3) is 3.66. The van der Waals surface area contributed by atoms with E-state index in [4.69, 9.17) is 0 Å². The van der Waals surface area contributed by atoms with Crippen molar-refractivity contribution in [3.05, 3.63) is 29.8 Å². The lowest BCUT2D eigenvalue weighted by molar-refractivity contribution is 0.0760. The van der Waals surface area contributed by atoms with E-state index in [-0.39, 0.29) is 11.9 Å². The molecule has 0 spiro atoms. The van der Waals surface area contributed by atoms with Gasteiger partial charge in [-0.1, -0.05) is 25.3 Å². The van der Waals surface area contributed by atoms with Gasteiger partial charge in [0.1, 0.15) is 0 Å². The van der Waals surface area contributed by atoms with E-state index in [9.17, 15) is 9.59 Å². The Kier molecular flexibility index (Phi) is 4.84. The van der Waals surface area contributed by atoms with Gasteiger partial charge in [0.25, 0.3) is 5.91 Å². The highest BCUT2D eigenvalue weighted by Crippen LogP contribution is 2.25. The first-order chi connectivity index (χ1) is 11.1. The van der Waals surface area contributed by atoms with Gasteiger partial charge in [-0.05, 0) is 37.0 Å². The minimum Gasteiger partial charge on any atom is -0.341 e. The number of carbonyl (C=O) groups excluding carboxylic acids is 2. The Balaban J connectivity index is 1.67. The standard InChI is InChI=1S/C18H25N3O2/c1-20(13-14-6-3-2-4-7-14)17(22)15-8-5-9-16(12-15)21-11-10-19-18(21)23/h5,8-9,12,14H,2-4,6-7,10-11,13H2,1H3,(H,19,23). The molecule has 0 aromatic heterocycles. The third-order valence-corrected chi connectivity index (χ3v) is 4.87. The highest BCUT2D eigenvalue weighted by atomic mass is 16.2. The van der Waals surface area contributed by atoms with Crippen molar-refractivity contribution < 1.29 is 9.59 Å². The SMILES string of the molecule is CN(CC1CCCCC1)C(=O)c1cccc(N2CCNC2=O)c1. The molecule has 0 atom stereocenters. The summed E-state index contributed by atoms with van der Waals surface area (Å²) >= 11 is 0. The maximum absolute atomic E-state index is 12.7. The van der Waals surface area contributed by atoms with Crippen molar-refractivity contribution in [3.8, 4) is 0 Å². The monoisotopic (exact) mass is 315 g/mol. The number of hydrogen-bond donors (Lipinski definition) is 1. The smallest absolute Gasteiger partial charge is 0.321 e. The molecule has 5 heteroatoms. The number of benzene rings is 1. The number of amides is 3. The van der Waals surface area contributed by atoms with Gasteiger partial charge >= 0.3 is 6.03 Å². The number of anilines is 1. The Morgan fingerprint density at radius 1 is 1.30 bits per heavy atom. The second-order valence-electron chi connectivity index (χ2n) is 6.62. The second-order valence-corrected chi connectivity index (χ2v) is 6.62. The van der Waals surface area contributed by atoms with E-state index in [1.807, 2.05) is 36.2 Å². The molecule has 1 heterocycles. The van der Waals surface area contributed by atoms with Gasteiger partial charge in [0.2, 0.25) is 0 Å². The molecule has 1 saturated carbocycles. The van der Waals surface area contributed by atoms with Crippen molar-refractivity contribution in [2.45, 2.75) is 32.1 Å². The molecular formula is C18H25N3O2. The van der Waals surface area contributed by atoms with Crippen molar-refractivity contribution in [3.63, 3.8) is 0 Å². The van der Waals surface area contributed by atoms with E-state index in [0.29, 0.717) is 24.6 Å². The number of hydrogen-bond acceptors (Lipinski definition) is 2. The summed E-state index contributed by atoms with van der Waals surface area (Å²) in [5.41, 5.74) is 1.44. The number of nitrogens with one attached hydrogen (secondary N) is 1. The lowest BCUT2D eigenvalue weighted by atomic mass is 9.89. The zero-order chi connectivity index (χ0) is 16.2. The largest absolute Gasteiger partial charge is 0.341 e. The predicted octanol–water partition coefficient (Wildman–Crippen LogP) is 2.87. The molecule has 1 aromatic carbocycles. The number of nitrogens with zero attached hydrogens (tertiary/aromatic N) is 2. The number of carbonyl (C=O) groups is 2. The van der Waals surface area contributed by atoms with Crippen LogP contribution in [0, 0.1) is 5.92 Å². The summed E-state index contributed by atoms with van der Waals surface area (Å²) in [6, 6.07) is 7.29. The van der Waals surface area contributed by atoms with Crippen molar-refractivity contribution in [2.24, 2.45) is 5.92 Å². The maximum atomic E-state index is 12.7. The molecule has 2 aliphatic rings. The van der Waals surface area contributed by atoms with Crippen LogP contribution < -0.4 is 10.2 Å². The Bertz CT molecular complexity index is 581. The van der Waals surface area contributed by atoms with Crippen molar-refractivity contribution in [2.75, 3.05) is 31.6 Å². The summed E-state index contributed by atoms with van der Waals surface area (Å²) in [5, 5.41) is 2.79. The molecule has 5 nitrogen and oxygen atoms in total. The Morgan fingerprint density at radius 3 is 2.78 bits per heavy atom. The highest BCUT2D eigenvalue weighted by Gasteiger charge is 2.23. The minimum atomic E-state index is -0.0924. The van der Waals surface area contributed by atoms with Crippen LogP contribution in [0.5, 0.6) is 0 Å². The van der Waals surface area contributed by atoms with Gasteiger partial charge in [-0.3, -0.25) is 9.69 Å². The maximum Gasteiger partial charge on any atom is 0.321 e. The van der Waals surface area contributed by atoms with Crippen LogP contribution in [-0.2, 0) is 0 Å². The molecule has 1 aliphatic carbocycles. The first-order valence-corrected chi connectivity index (χ1v) is 8.56. The Hall–Kier alpha value is -2.04. The van der Waals surface area contributed by atoms with E-state index < -0.39 is 0 Å². The molecule has 1 aliphatic heterocycles. The molecule has 0 radical (unpaired) electrons. The molecule has 124 valence electrons. The highest BCUT2D eigenvalue weighted by molar-refractivity contribution is 5.98. The predicted molar refractivity (Wildman–Crippen MR) is 90.7 cm³/mol. The molecule has 3 rings (SSSR count). The molecule has 2 fully saturated rings. The molecule has 0 bridgehead atoms. The topological polar surface area (TPSA) is 52.7 Å². The fourth-order valence-corrected chi connectivity index (χ4v) is 3.59. The normalized spacial score (nSPS) is 18.8. The fourth-order valence-electron chi connectivity index (χ4n) is 3.59. The van der Waals surface area contributed by atoms with Crippen molar-refractivity contribution in [1.29, 1.82) is 0 Å². The lowest BCUT2D eigenvalue weighted by Gasteiger charge is -2.27. The van der Waals surface area contributed by atoms with Crippen LogP contribution in [0.2, 0.25) is 0 Å². The summed E-state index contributed by atoms with van der Waals surface area (Å²) in [5.74, 6) is 0.669. The summed E-state index contributed by atoms with van der Waals surface area (Å²) in [6.07, 6.45) is 6.35. The summed E-state index contributed by atoms with van der Waals surface area (Å²) in [4.78, 5) is 28.0. The zero-order valence-electron chi connectivity index (χ0n) is 13.8. The fraction of sp³-hybridized carbons (Fsp3) is 0.556. The van der Waals surface area contributed by atoms with Crippen LogP contribution in [0.1, 0.15) is 42.5 Å². The van der Waals surface area contributed by atoms with Gasteiger partial charge < -0.3 is 10.2 Å². The lowest BCUT2D eigenvalue weighted by Crippen LogP contribution is -2.33. The Morgan fingerprint density at radius 2 is 2.09 bits per heavy atom. The first kappa shape index (κ1) is 15.8. The molecule has 1 N–H and O–H groups in total. The minimum absolute atomic E-state index is 0.0389. The van der Waals surface area contributed by atoms with Crippen LogP contribution >= 0.6 is 0 Å². The summed E-state index contributed by atoms with van der Waals surface area (Å²) < 4.78 is 0. The molecule has 1 aromatic rings. The van der Waals surface area contributed by atoms with Gasteiger partial charge in [0.15, 0.2) is 0 Å². The van der Waals surface area contributed by atoms with Crippen LogP contribution in [0.15, 0.2) is 24.3 Å². The van der Waals surface area contributed by atoms with Crippen LogP contribution in [0.3, 0.4) is 0 Å². The van der Waals surface area contributed by atoms with Gasteiger partial charge in [0.05, 0.1) is 0 Å². The van der Waals surface area contributed by atoms with Gasteiger partial charge in [-0.15, -0.1) is 0 Å². The van der Waals surface area contributed by atoms with Gasteiger partial charge in [-0.25, -0.2) is 4.79 Å². The second kappa shape index (κ2) is 7.02. The summed E-state index contributed by atoms with van der Waals surface area (Å²) in [7, 11) is 1.88. The van der Waals surface area contributed by atoms with Crippen LogP contribution in [0.25, 0.3) is 0 Å². The quantitative estimate of drug-likeness (QED) is 0.929. The van der Waals surface area contributed by atoms with E-state index in [2.05, 4.69) is 5.32 Å². The number of rotatable bonds is 4. The number of urea groups is 1. The average Bonchev–Trinajstić information content (AvgIpc) is 3.01.